The topological polar surface area (TPSA) is 34.0 Å². The Balaban J connectivity index is 2.60. The molecule has 4 heteroatoms. The Kier molecular flexibility index (Phi) is 5.40. The molecule has 1 rings (SSSR count). The van der Waals surface area contributed by atoms with Gasteiger partial charge in [-0.1, -0.05) is 0 Å². The maximum atomic E-state index is 11.1. The average Bonchev–Trinajstić information content (AvgIpc) is 2.49. The van der Waals surface area contributed by atoms with Crippen LogP contribution in [0.1, 0.15) is 30.8 Å². The summed E-state index contributed by atoms with van der Waals surface area (Å²) in [5.41, 5.74) is 3.99. The molecule has 1 heterocycles. The van der Waals surface area contributed by atoms with Crippen molar-refractivity contribution in [2.45, 2.75) is 46.8 Å². The molecule has 0 saturated carbocycles. The molecule has 0 saturated heterocycles. The maximum absolute atomic E-state index is 11.1. The van der Waals surface area contributed by atoms with Crippen LogP contribution < -0.4 is 5.32 Å². The molecule has 0 fully saturated rings. The smallest absolute Gasteiger partial charge is 0.0383 e. The lowest BCUT2D eigenvalue weighted by molar-refractivity contribution is 0.584. The quantitative estimate of drug-likeness (QED) is 0.844. The molecule has 0 spiro atoms. The highest BCUT2D eigenvalue weighted by Crippen LogP contribution is 2.14. The minimum Gasteiger partial charge on any atom is -0.349 e. The van der Waals surface area contributed by atoms with Gasteiger partial charge < -0.3 is 9.88 Å². The first-order chi connectivity index (χ1) is 7.95. The lowest BCUT2D eigenvalue weighted by atomic mass is 10.2. The number of rotatable bonds is 6. The van der Waals surface area contributed by atoms with Gasteiger partial charge in [0.2, 0.25) is 0 Å². The Morgan fingerprint density at radius 3 is 2.59 bits per heavy atom. The molecule has 1 aromatic rings. The molecular formula is C13H24N2OS. The highest BCUT2D eigenvalue weighted by Gasteiger charge is 2.09. The molecule has 2 atom stereocenters. The number of nitrogens with zero attached hydrogens (tertiary/aromatic N) is 1. The van der Waals surface area contributed by atoms with Gasteiger partial charge >= 0.3 is 0 Å². The number of hydrogen-bond acceptors (Lipinski definition) is 2. The summed E-state index contributed by atoms with van der Waals surface area (Å²) in [6.45, 7) is 10.4. The van der Waals surface area contributed by atoms with Crippen molar-refractivity contribution >= 4 is 10.8 Å². The molecular weight excluding hydrogens is 232 g/mol. The Labute approximate surface area is 107 Å². The first-order valence-electron chi connectivity index (χ1n) is 6.14. The number of aromatic nitrogens is 1. The van der Waals surface area contributed by atoms with Gasteiger partial charge in [0.1, 0.15) is 0 Å². The first kappa shape index (κ1) is 14.5. The zero-order valence-electron chi connectivity index (χ0n) is 11.5. The van der Waals surface area contributed by atoms with E-state index in [1.54, 1.807) is 6.26 Å². The third-order valence-corrected chi connectivity index (χ3v) is 4.09. The average molecular weight is 256 g/mol. The van der Waals surface area contributed by atoms with E-state index in [0.29, 0.717) is 11.8 Å². The summed E-state index contributed by atoms with van der Waals surface area (Å²) in [6.07, 6.45) is 1.75. The first-order valence-corrected chi connectivity index (χ1v) is 7.87. The highest BCUT2D eigenvalue weighted by molar-refractivity contribution is 7.84. The van der Waals surface area contributed by atoms with Gasteiger partial charge in [-0.15, -0.1) is 0 Å². The number of nitrogens with one attached hydrogen (secondary N) is 1. The largest absolute Gasteiger partial charge is 0.349 e. The summed E-state index contributed by atoms with van der Waals surface area (Å²) < 4.78 is 13.4. The maximum Gasteiger partial charge on any atom is 0.0383 e. The van der Waals surface area contributed by atoms with E-state index >= 15 is 0 Å². The van der Waals surface area contributed by atoms with Gasteiger partial charge in [-0.25, -0.2) is 0 Å². The summed E-state index contributed by atoms with van der Waals surface area (Å²) in [5.74, 6) is 0.715. The molecule has 0 bridgehead atoms. The lowest BCUT2D eigenvalue weighted by Gasteiger charge is -2.12. The van der Waals surface area contributed by atoms with Crippen LogP contribution in [0.3, 0.4) is 0 Å². The fourth-order valence-corrected chi connectivity index (χ4v) is 3.06. The van der Waals surface area contributed by atoms with Crippen molar-refractivity contribution in [3.63, 3.8) is 0 Å². The van der Waals surface area contributed by atoms with Gasteiger partial charge in [0, 0.05) is 53.3 Å². The van der Waals surface area contributed by atoms with Crippen molar-refractivity contribution in [1.29, 1.82) is 0 Å². The zero-order valence-corrected chi connectivity index (χ0v) is 12.4. The predicted octanol–water partition coefficient (Wildman–Crippen LogP) is 1.98. The van der Waals surface area contributed by atoms with E-state index < -0.39 is 10.8 Å². The van der Waals surface area contributed by atoms with Crippen LogP contribution in [0.4, 0.5) is 0 Å². The van der Waals surface area contributed by atoms with E-state index in [1.165, 1.54) is 17.0 Å². The summed E-state index contributed by atoms with van der Waals surface area (Å²) in [5, 5.41) is 3.43. The SMILES string of the molecule is CCn1c(C)cc(CNC(C)CS(C)=O)c1C. The summed E-state index contributed by atoms with van der Waals surface area (Å²) in [4.78, 5) is 0. The Bertz CT molecular complexity index is 398. The zero-order chi connectivity index (χ0) is 13.0. The van der Waals surface area contributed by atoms with Gasteiger partial charge in [-0.05, 0) is 39.3 Å². The van der Waals surface area contributed by atoms with E-state index in [1.807, 2.05) is 0 Å². The van der Waals surface area contributed by atoms with E-state index in [0.717, 1.165) is 13.1 Å². The standard InChI is InChI=1S/C13H24N2OS/c1-6-15-11(3)7-13(12(15)4)8-14-10(2)9-17(5)16/h7,10,14H,6,8-9H2,1-5H3. The summed E-state index contributed by atoms with van der Waals surface area (Å²) in [6, 6.07) is 2.53. The molecule has 17 heavy (non-hydrogen) atoms. The molecule has 0 amide bonds. The van der Waals surface area contributed by atoms with Crippen LogP contribution in [0.2, 0.25) is 0 Å². The third-order valence-electron chi connectivity index (χ3n) is 3.12. The second-order valence-corrected chi connectivity index (χ2v) is 6.14. The van der Waals surface area contributed by atoms with E-state index in [9.17, 15) is 4.21 Å². The molecule has 3 nitrogen and oxygen atoms in total. The van der Waals surface area contributed by atoms with Crippen LogP contribution in [0, 0.1) is 13.8 Å². The molecule has 0 aliphatic carbocycles. The predicted molar refractivity (Wildman–Crippen MR) is 74.8 cm³/mol. The molecule has 0 aromatic carbocycles. The second-order valence-electron chi connectivity index (χ2n) is 4.66. The second kappa shape index (κ2) is 6.36. The minimum atomic E-state index is -0.727. The molecule has 98 valence electrons. The Morgan fingerprint density at radius 1 is 1.47 bits per heavy atom. The number of aryl methyl sites for hydroxylation is 1. The van der Waals surface area contributed by atoms with Crippen LogP contribution >= 0.6 is 0 Å². The fraction of sp³-hybridized carbons (Fsp3) is 0.692. The molecule has 0 radical (unpaired) electrons. The molecule has 1 N–H and O–H groups in total. The van der Waals surface area contributed by atoms with Gasteiger partial charge in [0.25, 0.3) is 0 Å². The van der Waals surface area contributed by atoms with Crippen molar-refractivity contribution < 1.29 is 4.21 Å². The van der Waals surface area contributed by atoms with Crippen molar-refractivity contribution in [3.8, 4) is 0 Å². The third kappa shape index (κ3) is 3.96. The van der Waals surface area contributed by atoms with Crippen molar-refractivity contribution in [3.05, 3.63) is 23.0 Å². The molecule has 2 unspecified atom stereocenters. The van der Waals surface area contributed by atoms with E-state index in [2.05, 4.69) is 43.6 Å². The van der Waals surface area contributed by atoms with Crippen LogP contribution in [-0.4, -0.2) is 26.8 Å². The van der Waals surface area contributed by atoms with Gasteiger partial charge in [-0.3, -0.25) is 4.21 Å². The fourth-order valence-electron chi connectivity index (χ4n) is 2.23. The number of hydrogen-bond donors (Lipinski definition) is 1. The van der Waals surface area contributed by atoms with Gasteiger partial charge in [0.15, 0.2) is 0 Å². The summed E-state index contributed by atoms with van der Waals surface area (Å²) in [7, 11) is -0.727. The van der Waals surface area contributed by atoms with Crippen LogP contribution in [0.25, 0.3) is 0 Å². The van der Waals surface area contributed by atoms with Gasteiger partial charge in [-0.2, -0.15) is 0 Å². The van der Waals surface area contributed by atoms with E-state index in [-0.39, 0.29) is 0 Å². The lowest BCUT2D eigenvalue weighted by Crippen LogP contribution is -2.30. The van der Waals surface area contributed by atoms with Crippen molar-refractivity contribution in [1.82, 2.24) is 9.88 Å². The molecule has 0 aliphatic heterocycles. The Morgan fingerprint density at radius 2 is 2.12 bits per heavy atom. The monoisotopic (exact) mass is 256 g/mol. The van der Waals surface area contributed by atoms with Crippen LogP contribution in [0.15, 0.2) is 6.07 Å². The highest BCUT2D eigenvalue weighted by atomic mass is 32.2. The van der Waals surface area contributed by atoms with Crippen molar-refractivity contribution in [2.24, 2.45) is 0 Å². The van der Waals surface area contributed by atoms with Gasteiger partial charge in [0.05, 0.1) is 0 Å². The van der Waals surface area contributed by atoms with Crippen molar-refractivity contribution in [2.75, 3.05) is 12.0 Å². The van der Waals surface area contributed by atoms with Crippen LogP contribution in [0.5, 0.6) is 0 Å². The molecule has 0 aliphatic rings. The normalized spacial score (nSPS) is 14.9. The minimum absolute atomic E-state index is 0.297. The van der Waals surface area contributed by atoms with E-state index in [4.69, 9.17) is 0 Å². The Hall–Kier alpha value is -0.610. The summed E-state index contributed by atoms with van der Waals surface area (Å²) >= 11 is 0. The van der Waals surface area contributed by atoms with Crippen LogP contribution in [-0.2, 0) is 23.9 Å². The molecule has 1 aromatic heterocycles.